The minimum atomic E-state index is -0.185. The van der Waals surface area contributed by atoms with Gasteiger partial charge in [0.1, 0.15) is 5.76 Å². The van der Waals surface area contributed by atoms with Crippen LogP contribution in [-0.4, -0.2) is 47.0 Å². The molecule has 0 aromatic carbocycles. The fourth-order valence-corrected chi connectivity index (χ4v) is 3.45. The van der Waals surface area contributed by atoms with Crippen molar-refractivity contribution in [2.45, 2.75) is 69.9 Å². The Kier molecular flexibility index (Phi) is 5.73. The Hall–Kier alpha value is -1.89. The zero-order valence-electron chi connectivity index (χ0n) is 14.9. The van der Waals surface area contributed by atoms with Gasteiger partial charge < -0.3 is 20.5 Å². The van der Waals surface area contributed by atoms with E-state index in [1.54, 1.807) is 6.07 Å². The van der Waals surface area contributed by atoms with Crippen LogP contribution in [0.15, 0.2) is 10.6 Å². The van der Waals surface area contributed by atoms with E-state index in [0.29, 0.717) is 31.1 Å². The van der Waals surface area contributed by atoms with E-state index in [0.717, 1.165) is 44.3 Å². The molecule has 1 aliphatic carbocycles. The van der Waals surface area contributed by atoms with Crippen LogP contribution < -0.4 is 11.1 Å². The average molecular weight is 348 g/mol. The Labute approximate surface area is 148 Å². The standard InChI is InChI=1S/C18H28N4O3/c1-12-10-14(7-9-22(12)17(23)4-2-3-8-19)20-18(24)15-11-16(25-21-15)13-5-6-13/h11-14H,2-10,19H2,1H3,(H,20,24)/t12-,14-/m0/s1. The molecule has 3 rings (SSSR count). The fraction of sp³-hybridized carbons (Fsp3) is 0.722. The number of nitrogens with one attached hydrogen (secondary N) is 1. The number of aromatic nitrogens is 1. The average Bonchev–Trinajstić information content (AvgIpc) is 3.32. The predicted octanol–water partition coefficient (Wildman–Crippen LogP) is 1.79. The molecule has 2 fully saturated rings. The normalized spacial score (nSPS) is 23.5. The van der Waals surface area contributed by atoms with E-state index in [1.807, 2.05) is 11.8 Å². The van der Waals surface area contributed by atoms with E-state index in [9.17, 15) is 9.59 Å². The fourth-order valence-electron chi connectivity index (χ4n) is 3.45. The summed E-state index contributed by atoms with van der Waals surface area (Å²) < 4.78 is 5.24. The van der Waals surface area contributed by atoms with Gasteiger partial charge in [-0.05, 0) is 52.0 Å². The second kappa shape index (κ2) is 7.99. The first-order chi connectivity index (χ1) is 12.1. The van der Waals surface area contributed by atoms with Crippen molar-refractivity contribution in [1.29, 1.82) is 0 Å². The molecule has 2 amide bonds. The van der Waals surface area contributed by atoms with Gasteiger partial charge in [-0.3, -0.25) is 9.59 Å². The van der Waals surface area contributed by atoms with Crippen LogP contribution >= 0.6 is 0 Å². The number of hydrogen-bond acceptors (Lipinski definition) is 5. The zero-order valence-corrected chi connectivity index (χ0v) is 14.9. The molecule has 0 unspecified atom stereocenters. The van der Waals surface area contributed by atoms with E-state index in [2.05, 4.69) is 10.5 Å². The molecule has 1 aliphatic heterocycles. The van der Waals surface area contributed by atoms with Crippen LogP contribution in [0.4, 0.5) is 0 Å². The first-order valence-electron chi connectivity index (χ1n) is 9.35. The Morgan fingerprint density at radius 2 is 2.16 bits per heavy atom. The first-order valence-corrected chi connectivity index (χ1v) is 9.35. The number of nitrogens with zero attached hydrogens (tertiary/aromatic N) is 2. The predicted molar refractivity (Wildman–Crippen MR) is 93.0 cm³/mol. The summed E-state index contributed by atoms with van der Waals surface area (Å²) in [6.07, 6.45) is 6.05. The number of piperidine rings is 1. The Morgan fingerprint density at radius 3 is 2.84 bits per heavy atom. The monoisotopic (exact) mass is 348 g/mol. The van der Waals surface area contributed by atoms with Crippen molar-refractivity contribution in [2.75, 3.05) is 13.1 Å². The maximum Gasteiger partial charge on any atom is 0.273 e. The number of carbonyl (C=O) groups is 2. The van der Waals surface area contributed by atoms with Crippen LogP contribution in [-0.2, 0) is 4.79 Å². The summed E-state index contributed by atoms with van der Waals surface area (Å²) in [5.74, 6) is 1.27. The lowest BCUT2D eigenvalue weighted by atomic mass is 9.97. The molecule has 1 saturated heterocycles. The highest BCUT2D eigenvalue weighted by Gasteiger charge is 2.31. The van der Waals surface area contributed by atoms with Gasteiger partial charge in [-0.1, -0.05) is 5.16 Å². The zero-order chi connectivity index (χ0) is 17.8. The van der Waals surface area contributed by atoms with Crippen LogP contribution in [0, 0.1) is 0 Å². The van der Waals surface area contributed by atoms with Crippen LogP contribution in [0.1, 0.15) is 74.0 Å². The maximum absolute atomic E-state index is 12.3. The molecule has 1 aromatic rings. The number of nitrogens with two attached hydrogens (primary N) is 1. The summed E-state index contributed by atoms with van der Waals surface area (Å²) in [6, 6.07) is 1.95. The molecule has 0 spiro atoms. The van der Waals surface area contributed by atoms with E-state index >= 15 is 0 Å². The molecule has 138 valence electrons. The van der Waals surface area contributed by atoms with Gasteiger partial charge in [-0.2, -0.15) is 0 Å². The third kappa shape index (κ3) is 4.60. The van der Waals surface area contributed by atoms with Crippen molar-refractivity contribution in [2.24, 2.45) is 5.73 Å². The molecule has 3 N–H and O–H groups in total. The largest absolute Gasteiger partial charge is 0.360 e. The molecule has 2 atom stereocenters. The van der Waals surface area contributed by atoms with E-state index in [4.69, 9.17) is 10.3 Å². The van der Waals surface area contributed by atoms with E-state index in [1.165, 1.54) is 0 Å². The van der Waals surface area contributed by atoms with E-state index in [-0.39, 0.29) is 23.9 Å². The molecule has 0 radical (unpaired) electrons. The van der Waals surface area contributed by atoms with Crippen molar-refractivity contribution in [3.8, 4) is 0 Å². The van der Waals surface area contributed by atoms with Gasteiger partial charge in [-0.15, -0.1) is 0 Å². The Bertz CT molecular complexity index is 611. The molecule has 7 heteroatoms. The molecular formula is C18H28N4O3. The lowest BCUT2D eigenvalue weighted by Crippen LogP contribution is -2.50. The van der Waals surface area contributed by atoms with Crippen LogP contribution in [0.2, 0.25) is 0 Å². The molecular weight excluding hydrogens is 320 g/mol. The van der Waals surface area contributed by atoms with Gasteiger partial charge in [-0.25, -0.2) is 0 Å². The highest BCUT2D eigenvalue weighted by Crippen LogP contribution is 2.40. The molecule has 0 bridgehead atoms. The molecule has 1 aromatic heterocycles. The smallest absolute Gasteiger partial charge is 0.273 e. The summed E-state index contributed by atoms with van der Waals surface area (Å²) >= 11 is 0. The molecule has 1 saturated carbocycles. The molecule has 7 nitrogen and oxygen atoms in total. The van der Waals surface area contributed by atoms with Gasteiger partial charge in [0.05, 0.1) is 0 Å². The summed E-state index contributed by atoms with van der Waals surface area (Å²) in [5.41, 5.74) is 5.83. The Morgan fingerprint density at radius 1 is 1.36 bits per heavy atom. The van der Waals surface area contributed by atoms with Crippen molar-refractivity contribution in [1.82, 2.24) is 15.4 Å². The topological polar surface area (TPSA) is 101 Å². The molecule has 2 aliphatic rings. The molecule has 25 heavy (non-hydrogen) atoms. The number of rotatable bonds is 7. The SMILES string of the molecule is C[C@H]1C[C@@H](NC(=O)c2cc(C3CC3)on2)CCN1C(=O)CCCCN. The minimum absolute atomic E-state index is 0.0664. The second-order valence-corrected chi connectivity index (χ2v) is 7.27. The number of likely N-dealkylation sites (tertiary alicyclic amines) is 1. The van der Waals surface area contributed by atoms with Crippen molar-refractivity contribution < 1.29 is 14.1 Å². The summed E-state index contributed by atoms with van der Waals surface area (Å²) in [4.78, 5) is 26.6. The highest BCUT2D eigenvalue weighted by molar-refractivity contribution is 5.92. The number of carbonyl (C=O) groups excluding carboxylic acids is 2. The van der Waals surface area contributed by atoms with Gasteiger partial charge in [0.2, 0.25) is 5.91 Å². The van der Waals surface area contributed by atoms with Gasteiger partial charge in [0.25, 0.3) is 5.91 Å². The van der Waals surface area contributed by atoms with Gasteiger partial charge in [0, 0.05) is 37.0 Å². The minimum Gasteiger partial charge on any atom is -0.360 e. The maximum atomic E-state index is 12.3. The summed E-state index contributed by atoms with van der Waals surface area (Å²) in [7, 11) is 0. The summed E-state index contributed by atoms with van der Waals surface area (Å²) in [5, 5.41) is 6.92. The lowest BCUT2D eigenvalue weighted by Gasteiger charge is -2.38. The number of hydrogen-bond donors (Lipinski definition) is 2. The molecule has 2 heterocycles. The van der Waals surface area contributed by atoms with Crippen molar-refractivity contribution in [3.05, 3.63) is 17.5 Å². The second-order valence-electron chi connectivity index (χ2n) is 7.27. The number of amides is 2. The number of unbranched alkanes of at least 4 members (excludes halogenated alkanes) is 1. The Balaban J connectivity index is 1.47. The van der Waals surface area contributed by atoms with Gasteiger partial charge >= 0.3 is 0 Å². The lowest BCUT2D eigenvalue weighted by molar-refractivity contribution is -0.134. The summed E-state index contributed by atoms with van der Waals surface area (Å²) in [6.45, 7) is 3.35. The van der Waals surface area contributed by atoms with Crippen LogP contribution in [0.3, 0.4) is 0 Å². The van der Waals surface area contributed by atoms with E-state index < -0.39 is 0 Å². The highest BCUT2D eigenvalue weighted by atomic mass is 16.5. The third-order valence-electron chi connectivity index (χ3n) is 5.12. The van der Waals surface area contributed by atoms with Gasteiger partial charge in [0.15, 0.2) is 5.69 Å². The van der Waals surface area contributed by atoms with Crippen LogP contribution in [0.25, 0.3) is 0 Å². The van der Waals surface area contributed by atoms with Crippen molar-refractivity contribution in [3.63, 3.8) is 0 Å². The quantitative estimate of drug-likeness (QED) is 0.732. The first kappa shape index (κ1) is 17.9. The van der Waals surface area contributed by atoms with Crippen LogP contribution in [0.5, 0.6) is 0 Å². The van der Waals surface area contributed by atoms with Crippen molar-refractivity contribution >= 4 is 11.8 Å². The third-order valence-corrected chi connectivity index (χ3v) is 5.12.